The number of imide groups is 1. The molecule has 0 saturated heterocycles. The third-order valence-electron chi connectivity index (χ3n) is 4.58. The summed E-state index contributed by atoms with van der Waals surface area (Å²) in [5.74, 6) is -0.722. The van der Waals surface area contributed by atoms with Gasteiger partial charge in [-0.2, -0.15) is 0 Å². The molecule has 4 nitrogen and oxygen atoms in total. The van der Waals surface area contributed by atoms with E-state index in [-0.39, 0.29) is 17.5 Å². The number of halogens is 1. The van der Waals surface area contributed by atoms with E-state index in [2.05, 4.69) is 11.4 Å². The summed E-state index contributed by atoms with van der Waals surface area (Å²) in [6.07, 6.45) is 0. The predicted molar refractivity (Wildman–Crippen MR) is 123 cm³/mol. The molecule has 0 aromatic heterocycles. The second-order valence-electron chi connectivity index (χ2n) is 7.04. The third kappa shape index (κ3) is 4.13. The fraction of sp³-hybridized carbons (Fsp3) is 0.0833. The van der Waals surface area contributed by atoms with Crippen molar-refractivity contribution < 1.29 is 9.59 Å². The van der Waals surface area contributed by atoms with Crippen molar-refractivity contribution in [1.29, 1.82) is 0 Å². The average Bonchev–Trinajstić information content (AvgIpc) is 2.93. The first-order chi connectivity index (χ1) is 14.4. The molecule has 0 radical (unpaired) electrons. The molecule has 3 aromatic rings. The zero-order valence-corrected chi connectivity index (χ0v) is 18.1. The summed E-state index contributed by atoms with van der Waals surface area (Å²) in [7, 11) is 0. The molecule has 150 valence electrons. The van der Waals surface area contributed by atoms with Crippen molar-refractivity contribution in [2.75, 3.05) is 10.2 Å². The summed E-state index contributed by atoms with van der Waals surface area (Å²) in [4.78, 5) is 29.0. The van der Waals surface area contributed by atoms with Crippen molar-refractivity contribution in [2.24, 2.45) is 0 Å². The lowest BCUT2D eigenvalue weighted by atomic mass is 10.1. The van der Waals surface area contributed by atoms with Gasteiger partial charge < -0.3 is 5.32 Å². The SMILES string of the molecule is Cc1cc(C)cc(NC2=C(Sc3ccc(Cl)cc3)C(=O)N(c3ccccc3)C2=O)c1. The minimum atomic E-state index is -0.373. The van der Waals surface area contributed by atoms with Crippen molar-refractivity contribution in [3.05, 3.63) is 99.5 Å². The number of hydrogen-bond acceptors (Lipinski definition) is 4. The Morgan fingerprint density at radius 1 is 0.833 bits per heavy atom. The van der Waals surface area contributed by atoms with Crippen molar-refractivity contribution in [3.8, 4) is 0 Å². The topological polar surface area (TPSA) is 49.4 Å². The van der Waals surface area contributed by atoms with Crippen LogP contribution in [0.3, 0.4) is 0 Å². The lowest BCUT2D eigenvalue weighted by Gasteiger charge is -2.15. The molecule has 0 saturated carbocycles. The predicted octanol–water partition coefficient (Wildman–Crippen LogP) is 5.95. The van der Waals surface area contributed by atoms with E-state index in [1.165, 1.54) is 16.7 Å². The standard InChI is InChI=1S/C24H19ClN2O2S/c1-15-12-16(2)14-18(13-15)26-21-22(30-20-10-8-17(25)9-11-20)24(29)27(23(21)28)19-6-4-3-5-7-19/h3-14,26H,1-2H3. The van der Waals surface area contributed by atoms with Gasteiger partial charge in [0.25, 0.3) is 11.8 Å². The largest absolute Gasteiger partial charge is 0.350 e. The first-order valence-corrected chi connectivity index (χ1v) is 10.6. The number of thioether (sulfide) groups is 1. The molecule has 3 aromatic carbocycles. The molecule has 0 unspecified atom stereocenters. The zero-order valence-electron chi connectivity index (χ0n) is 16.5. The van der Waals surface area contributed by atoms with Crippen LogP contribution in [0.25, 0.3) is 0 Å². The van der Waals surface area contributed by atoms with Crippen LogP contribution in [0, 0.1) is 13.8 Å². The lowest BCUT2D eigenvalue weighted by Crippen LogP contribution is -2.32. The number of nitrogens with one attached hydrogen (secondary N) is 1. The first kappa shape index (κ1) is 20.3. The van der Waals surface area contributed by atoms with Crippen LogP contribution in [0.5, 0.6) is 0 Å². The van der Waals surface area contributed by atoms with E-state index in [4.69, 9.17) is 11.6 Å². The van der Waals surface area contributed by atoms with Crippen molar-refractivity contribution in [1.82, 2.24) is 0 Å². The molecule has 0 atom stereocenters. The number of benzene rings is 3. The monoisotopic (exact) mass is 434 g/mol. The van der Waals surface area contributed by atoms with Crippen LogP contribution in [0.4, 0.5) is 11.4 Å². The smallest absolute Gasteiger partial charge is 0.283 e. The zero-order chi connectivity index (χ0) is 21.3. The van der Waals surface area contributed by atoms with Gasteiger partial charge in [-0.1, -0.05) is 47.6 Å². The Hall–Kier alpha value is -3.02. The van der Waals surface area contributed by atoms with Crippen LogP contribution >= 0.6 is 23.4 Å². The summed E-state index contributed by atoms with van der Waals surface area (Å²) >= 11 is 7.24. The normalized spacial score (nSPS) is 13.9. The minimum absolute atomic E-state index is 0.272. The van der Waals surface area contributed by atoms with Gasteiger partial charge in [0.2, 0.25) is 0 Å². The number of nitrogens with zero attached hydrogens (tertiary/aromatic N) is 1. The Morgan fingerprint density at radius 2 is 1.47 bits per heavy atom. The number of carbonyl (C=O) groups is 2. The molecule has 0 bridgehead atoms. The van der Waals surface area contributed by atoms with E-state index in [9.17, 15) is 9.59 Å². The number of amides is 2. The van der Waals surface area contributed by atoms with E-state index in [0.717, 1.165) is 21.7 Å². The van der Waals surface area contributed by atoms with Crippen LogP contribution in [-0.4, -0.2) is 11.8 Å². The molecule has 1 aliphatic heterocycles. The molecule has 1 aliphatic rings. The van der Waals surface area contributed by atoms with E-state index in [1.54, 1.807) is 36.4 Å². The number of aryl methyl sites for hydroxylation is 2. The van der Waals surface area contributed by atoms with E-state index in [0.29, 0.717) is 15.6 Å². The number of carbonyl (C=O) groups excluding carboxylic acids is 2. The van der Waals surface area contributed by atoms with Crippen molar-refractivity contribution >= 4 is 46.6 Å². The maximum atomic E-state index is 13.3. The molecule has 0 aliphatic carbocycles. The van der Waals surface area contributed by atoms with E-state index in [1.807, 2.05) is 44.2 Å². The highest BCUT2D eigenvalue weighted by Gasteiger charge is 2.40. The van der Waals surface area contributed by atoms with Gasteiger partial charge in [-0.25, -0.2) is 4.90 Å². The second-order valence-corrected chi connectivity index (χ2v) is 8.56. The highest BCUT2D eigenvalue weighted by atomic mass is 35.5. The Kier molecular flexibility index (Phi) is 5.66. The van der Waals surface area contributed by atoms with Gasteiger partial charge in [0.05, 0.1) is 5.69 Å². The molecule has 2 amide bonds. The Bertz CT molecular complexity index is 1140. The highest BCUT2D eigenvalue weighted by Crippen LogP contribution is 2.38. The first-order valence-electron chi connectivity index (χ1n) is 9.39. The quantitative estimate of drug-likeness (QED) is 0.504. The molecule has 4 rings (SSSR count). The fourth-order valence-electron chi connectivity index (χ4n) is 3.34. The fourth-order valence-corrected chi connectivity index (χ4v) is 4.39. The number of rotatable bonds is 5. The van der Waals surface area contributed by atoms with Crippen LogP contribution in [0.2, 0.25) is 5.02 Å². The molecular weight excluding hydrogens is 416 g/mol. The van der Waals surface area contributed by atoms with E-state index < -0.39 is 0 Å². The Balaban J connectivity index is 1.76. The molecular formula is C24H19ClN2O2S. The molecule has 30 heavy (non-hydrogen) atoms. The van der Waals surface area contributed by atoms with Crippen LogP contribution in [0.15, 0.2) is 88.3 Å². The van der Waals surface area contributed by atoms with Gasteiger partial charge in [0.1, 0.15) is 10.6 Å². The number of para-hydroxylation sites is 1. The number of anilines is 2. The van der Waals surface area contributed by atoms with Gasteiger partial charge in [-0.3, -0.25) is 9.59 Å². The molecule has 0 fully saturated rings. The average molecular weight is 435 g/mol. The van der Waals surface area contributed by atoms with Crippen LogP contribution in [0.1, 0.15) is 11.1 Å². The summed E-state index contributed by atoms with van der Waals surface area (Å²) in [6, 6.07) is 22.1. The maximum Gasteiger partial charge on any atom is 0.283 e. The van der Waals surface area contributed by atoms with Crippen LogP contribution in [-0.2, 0) is 9.59 Å². The van der Waals surface area contributed by atoms with Gasteiger partial charge in [-0.05, 0) is 73.5 Å². The maximum absolute atomic E-state index is 13.3. The summed E-state index contributed by atoms with van der Waals surface area (Å²) < 4.78 is 0. The highest BCUT2D eigenvalue weighted by molar-refractivity contribution is 8.04. The third-order valence-corrected chi connectivity index (χ3v) is 5.92. The van der Waals surface area contributed by atoms with Gasteiger partial charge in [0.15, 0.2) is 0 Å². The molecule has 1 N–H and O–H groups in total. The molecule has 1 heterocycles. The molecule has 6 heteroatoms. The summed E-state index contributed by atoms with van der Waals surface area (Å²) in [5, 5.41) is 3.82. The van der Waals surface area contributed by atoms with E-state index >= 15 is 0 Å². The van der Waals surface area contributed by atoms with Crippen molar-refractivity contribution in [3.63, 3.8) is 0 Å². The summed E-state index contributed by atoms with van der Waals surface area (Å²) in [5.41, 5.74) is 3.73. The second kappa shape index (κ2) is 8.38. The minimum Gasteiger partial charge on any atom is -0.350 e. The van der Waals surface area contributed by atoms with Gasteiger partial charge >= 0.3 is 0 Å². The molecule has 0 spiro atoms. The van der Waals surface area contributed by atoms with Crippen molar-refractivity contribution in [2.45, 2.75) is 18.7 Å². The lowest BCUT2D eigenvalue weighted by molar-refractivity contribution is -0.120. The summed E-state index contributed by atoms with van der Waals surface area (Å²) in [6.45, 7) is 3.99. The van der Waals surface area contributed by atoms with Crippen LogP contribution < -0.4 is 10.2 Å². The van der Waals surface area contributed by atoms with Gasteiger partial charge in [-0.15, -0.1) is 0 Å². The Morgan fingerprint density at radius 3 is 2.10 bits per heavy atom. The van der Waals surface area contributed by atoms with Gasteiger partial charge in [0, 0.05) is 15.6 Å². The number of hydrogen-bond donors (Lipinski definition) is 1. The Labute approximate surface area is 184 Å².